The Hall–Kier alpha value is -3.59. The molecule has 4 rings (SSSR count). The van der Waals surface area contributed by atoms with Gasteiger partial charge in [-0.05, 0) is 28.1 Å². The van der Waals surface area contributed by atoms with Crippen molar-refractivity contribution < 1.29 is 24.3 Å². The summed E-state index contributed by atoms with van der Waals surface area (Å²) in [5, 5.41) is 27.6. The van der Waals surface area contributed by atoms with Gasteiger partial charge in [-0.25, -0.2) is 9.48 Å². The lowest BCUT2D eigenvalue weighted by molar-refractivity contribution is -0.150. The number of carboxylic acid groups (broad SMARTS) is 1. The van der Waals surface area contributed by atoms with Crippen molar-refractivity contribution in [1.29, 1.82) is 0 Å². The summed E-state index contributed by atoms with van der Waals surface area (Å²) in [7, 11) is 6.82. The number of rotatable bonds is 9. The number of thioether (sulfide) groups is 2. The Balaban J connectivity index is 1.49. The fraction of sp³-hybridized carbons (Fsp3) is 0.381. The molecule has 2 aliphatic heterocycles. The summed E-state index contributed by atoms with van der Waals surface area (Å²) in [6.45, 7) is 0. The maximum absolute atomic E-state index is 13.1. The molecule has 2 atom stereocenters. The molecule has 2 amide bonds. The minimum atomic E-state index is -1.20. The van der Waals surface area contributed by atoms with Crippen LogP contribution in [0.3, 0.4) is 0 Å². The number of aliphatic carboxylic acids is 1. The van der Waals surface area contributed by atoms with E-state index < -0.39 is 29.2 Å². The highest BCUT2D eigenvalue weighted by Gasteiger charge is 2.54. The third-order valence-corrected chi connectivity index (χ3v) is 7.98. The number of nitrogens with one attached hydrogen (secondary N) is 1. The molecule has 0 bridgehead atoms. The molecule has 1 aromatic heterocycles. The van der Waals surface area contributed by atoms with E-state index >= 15 is 0 Å². The Labute approximate surface area is 214 Å². The molecule has 1 fully saturated rings. The molecule has 1 saturated heterocycles. The number of aromatic nitrogens is 4. The van der Waals surface area contributed by atoms with Gasteiger partial charge in [-0.15, -0.1) is 16.9 Å². The van der Waals surface area contributed by atoms with Crippen LogP contribution in [0.4, 0.5) is 5.69 Å². The lowest BCUT2D eigenvalue weighted by Gasteiger charge is -2.49. The summed E-state index contributed by atoms with van der Waals surface area (Å²) in [4.78, 5) is 46.1. The molecular weight excluding hydrogens is 508 g/mol. The molecule has 0 aliphatic carbocycles. The van der Waals surface area contributed by atoms with E-state index in [4.69, 9.17) is 4.84 Å². The van der Waals surface area contributed by atoms with E-state index in [0.717, 1.165) is 5.69 Å². The van der Waals surface area contributed by atoms with E-state index in [2.05, 4.69) is 26.0 Å². The molecule has 0 saturated carbocycles. The number of β-lactam (4-membered cyclic amide) rings is 1. The minimum Gasteiger partial charge on any atom is -0.477 e. The van der Waals surface area contributed by atoms with Crippen LogP contribution in [-0.2, 0) is 26.3 Å². The minimum absolute atomic E-state index is 0.0123. The van der Waals surface area contributed by atoms with Gasteiger partial charge in [0.15, 0.2) is 5.71 Å². The van der Waals surface area contributed by atoms with Gasteiger partial charge in [0.05, 0.1) is 0 Å². The number of anilines is 1. The number of carboxylic acids is 1. The molecule has 190 valence electrons. The number of benzene rings is 1. The van der Waals surface area contributed by atoms with Crippen molar-refractivity contribution in [3.05, 3.63) is 41.1 Å². The molecular formula is C21H24N8O5S2. The van der Waals surface area contributed by atoms with E-state index in [-0.39, 0.29) is 11.4 Å². The van der Waals surface area contributed by atoms with Gasteiger partial charge < -0.3 is 20.2 Å². The number of aryl methyl sites for hydroxylation is 1. The number of carbonyl (C=O) groups is 3. The second kappa shape index (κ2) is 10.6. The smallest absolute Gasteiger partial charge is 0.352 e. The molecule has 2 aliphatic rings. The van der Waals surface area contributed by atoms with Gasteiger partial charge >= 0.3 is 5.97 Å². The number of tetrazole rings is 1. The predicted octanol–water partition coefficient (Wildman–Crippen LogP) is 0.158. The summed E-state index contributed by atoms with van der Waals surface area (Å²) in [6.07, 6.45) is 0. The predicted molar refractivity (Wildman–Crippen MR) is 134 cm³/mol. The van der Waals surface area contributed by atoms with Gasteiger partial charge in [0.25, 0.3) is 11.8 Å². The third-order valence-electron chi connectivity index (χ3n) is 5.55. The van der Waals surface area contributed by atoms with Crippen molar-refractivity contribution in [2.75, 3.05) is 37.6 Å². The van der Waals surface area contributed by atoms with Crippen LogP contribution in [0.25, 0.3) is 0 Å². The molecule has 15 heteroatoms. The first-order chi connectivity index (χ1) is 17.2. The van der Waals surface area contributed by atoms with Crippen molar-refractivity contribution in [3.63, 3.8) is 0 Å². The van der Waals surface area contributed by atoms with Crippen molar-refractivity contribution in [2.24, 2.45) is 12.2 Å². The van der Waals surface area contributed by atoms with E-state index in [0.29, 0.717) is 27.8 Å². The zero-order chi connectivity index (χ0) is 26.0. The Bertz CT molecular complexity index is 1240. The highest BCUT2D eigenvalue weighted by atomic mass is 32.2. The number of nitrogens with zero attached hydrogens (tertiary/aromatic N) is 7. The van der Waals surface area contributed by atoms with Crippen LogP contribution in [0.1, 0.15) is 5.56 Å². The highest BCUT2D eigenvalue weighted by molar-refractivity contribution is 8.01. The number of oxime groups is 1. The second-order valence-corrected chi connectivity index (χ2v) is 10.1. The second-order valence-electron chi connectivity index (χ2n) is 8.06. The van der Waals surface area contributed by atoms with Gasteiger partial charge in [-0.3, -0.25) is 14.5 Å². The van der Waals surface area contributed by atoms with Crippen molar-refractivity contribution in [2.45, 2.75) is 16.6 Å². The molecule has 1 unspecified atom stereocenters. The fourth-order valence-corrected chi connectivity index (χ4v) is 6.07. The molecule has 13 nitrogen and oxygen atoms in total. The molecule has 2 aromatic rings. The summed E-state index contributed by atoms with van der Waals surface area (Å²) < 4.78 is 1.48. The highest BCUT2D eigenvalue weighted by Crippen LogP contribution is 2.41. The Morgan fingerprint density at radius 1 is 1.33 bits per heavy atom. The quantitative estimate of drug-likeness (QED) is 0.196. The van der Waals surface area contributed by atoms with Crippen LogP contribution >= 0.6 is 23.5 Å². The Morgan fingerprint density at radius 3 is 2.64 bits per heavy atom. The fourth-order valence-electron chi connectivity index (χ4n) is 3.73. The summed E-state index contributed by atoms with van der Waals surface area (Å²) >= 11 is 2.67. The average Bonchev–Trinajstić information content (AvgIpc) is 3.28. The summed E-state index contributed by atoms with van der Waals surface area (Å²) in [5.74, 6) is -1.60. The van der Waals surface area contributed by atoms with E-state index in [1.54, 1.807) is 19.2 Å². The van der Waals surface area contributed by atoms with E-state index in [1.165, 1.54) is 40.2 Å². The van der Waals surface area contributed by atoms with E-state index in [1.807, 2.05) is 31.1 Å². The van der Waals surface area contributed by atoms with Crippen LogP contribution < -0.4 is 10.2 Å². The van der Waals surface area contributed by atoms with Crippen LogP contribution in [0.2, 0.25) is 0 Å². The average molecular weight is 533 g/mol. The first kappa shape index (κ1) is 25.5. The largest absolute Gasteiger partial charge is 0.477 e. The topological polar surface area (TPSA) is 155 Å². The Morgan fingerprint density at radius 2 is 2.06 bits per heavy atom. The van der Waals surface area contributed by atoms with Crippen LogP contribution in [-0.4, -0.2) is 97.8 Å². The lowest BCUT2D eigenvalue weighted by atomic mass is 10.0. The third kappa shape index (κ3) is 4.88. The molecule has 36 heavy (non-hydrogen) atoms. The zero-order valence-corrected chi connectivity index (χ0v) is 21.5. The van der Waals surface area contributed by atoms with Gasteiger partial charge in [0.2, 0.25) is 5.16 Å². The number of fused-ring (bicyclic) bond motifs is 1. The maximum Gasteiger partial charge on any atom is 0.352 e. The molecule has 2 N–H and O–H groups in total. The first-order valence-electron chi connectivity index (χ1n) is 10.7. The monoisotopic (exact) mass is 532 g/mol. The standard InChI is InChI=1S/C21H24N8O5S2/c1-27(2)13-7-5-11(6-8-13)14(24-34-4)17(30)22-15-18(31)29-16(20(32)33)12(9-35-19(15)29)10-36-21-23-25-26-28(21)3/h5-8,15,19H,9-10H2,1-4H3,(H,22,30)(H,32,33)/t15?,19-/m0/s1. The molecule has 3 heterocycles. The van der Waals surface area contributed by atoms with Crippen LogP contribution in [0.5, 0.6) is 0 Å². The van der Waals surface area contributed by atoms with Gasteiger partial charge in [-0.2, -0.15) is 0 Å². The van der Waals surface area contributed by atoms with Gasteiger partial charge in [0, 0.05) is 43.9 Å². The van der Waals surface area contributed by atoms with Crippen molar-refractivity contribution >= 4 is 52.7 Å². The lowest BCUT2D eigenvalue weighted by Crippen LogP contribution is -2.71. The number of amides is 2. The van der Waals surface area contributed by atoms with Crippen LogP contribution in [0.15, 0.2) is 45.8 Å². The van der Waals surface area contributed by atoms with Crippen LogP contribution in [0, 0.1) is 0 Å². The van der Waals surface area contributed by atoms with Crippen molar-refractivity contribution in [3.8, 4) is 0 Å². The molecule has 1 aromatic carbocycles. The van der Waals surface area contributed by atoms with Gasteiger partial charge in [0.1, 0.15) is 24.2 Å². The Kier molecular flexibility index (Phi) is 7.49. The summed E-state index contributed by atoms with van der Waals surface area (Å²) in [6, 6.07) is 6.25. The zero-order valence-electron chi connectivity index (χ0n) is 19.9. The SMILES string of the molecule is CON=C(C(=O)NC1C(=O)N2C(C(=O)O)=C(CSc3nnnn3C)CS[C@@H]12)c1ccc(N(C)C)cc1. The molecule has 0 spiro atoms. The van der Waals surface area contributed by atoms with Crippen molar-refractivity contribution in [1.82, 2.24) is 30.4 Å². The van der Waals surface area contributed by atoms with E-state index in [9.17, 15) is 19.5 Å². The summed E-state index contributed by atoms with van der Waals surface area (Å²) in [5.41, 5.74) is 1.98. The number of hydrogen-bond donors (Lipinski definition) is 2. The number of hydrogen-bond acceptors (Lipinski definition) is 11. The normalized spacial score (nSPS) is 19.5. The molecule has 0 radical (unpaired) electrons. The maximum atomic E-state index is 13.1. The van der Waals surface area contributed by atoms with Gasteiger partial charge in [-0.1, -0.05) is 29.1 Å². The number of carbonyl (C=O) groups excluding carboxylic acids is 2. The first-order valence-corrected chi connectivity index (χ1v) is 12.7.